The van der Waals surface area contributed by atoms with Crippen molar-refractivity contribution in [1.29, 1.82) is 0 Å². The van der Waals surface area contributed by atoms with Crippen LogP contribution in [-0.2, 0) is 6.54 Å². The number of aryl methyl sites for hydroxylation is 2. The SMILES string of the molecule is Cc1ccc(NC(=O)N2CCN(Cc3ccccc3)c3ncccc32)cc1C. The van der Waals surface area contributed by atoms with Gasteiger partial charge >= 0.3 is 6.03 Å². The summed E-state index contributed by atoms with van der Waals surface area (Å²) < 4.78 is 0. The number of benzene rings is 2. The highest BCUT2D eigenvalue weighted by atomic mass is 16.2. The van der Waals surface area contributed by atoms with Gasteiger partial charge in [0.15, 0.2) is 5.82 Å². The van der Waals surface area contributed by atoms with Crippen LogP contribution < -0.4 is 15.1 Å². The summed E-state index contributed by atoms with van der Waals surface area (Å²) in [5.41, 5.74) is 5.25. The molecule has 1 aliphatic heterocycles. The van der Waals surface area contributed by atoms with Crippen LogP contribution in [0, 0.1) is 13.8 Å². The fourth-order valence-corrected chi connectivity index (χ4v) is 3.47. The Bertz CT molecular complexity index is 987. The third-order valence-corrected chi connectivity index (χ3v) is 5.17. The number of carbonyl (C=O) groups excluding carboxylic acids is 1. The molecule has 2 amide bonds. The van der Waals surface area contributed by atoms with Crippen molar-refractivity contribution < 1.29 is 4.79 Å². The first kappa shape index (κ1) is 18.0. The van der Waals surface area contributed by atoms with Crippen LogP contribution in [0.4, 0.5) is 22.0 Å². The molecular formula is C23H24N4O. The standard InChI is InChI=1S/C23H24N4O/c1-17-10-11-20(15-18(17)2)25-23(28)27-14-13-26(16-19-7-4-3-5-8-19)22-21(27)9-6-12-24-22/h3-12,15H,13-14,16H2,1-2H3,(H,25,28). The van der Waals surface area contributed by atoms with E-state index in [0.29, 0.717) is 6.54 Å². The van der Waals surface area contributed by atoms with Gasteiger partial charge in [-0.1, -0.05) is 36.4 Å². The third kappa shape index (κ3) is 3.69. The summed E-state index contributed by atoms with van der Waals surface area (Å²) in [6, 6.07) is 20.0. The smallest absolute Gasteiger partial charge is 0.326 e. The number of anilines is 3. The number of carbonyl (C=O) groups is 1. The van der Waals surface area contributed by atoms with Crippen LogP contribution >= 0.6 is 0 Å². The summed E-state index contributed by atoms with van der Waals surface area (Å²) in [5, 5.41) is 3.03. The van der Waals surface area contributed by atoms with Crippen LogP contribution in [0.5, 0.6) is 0 Å². The van der Waals surface area contributed by atoms with Crippen LogP contribution in [-0.4, -0.2) is 24.1 Å². The third-order valence-electron chi connectivity index (χ3n) is 5.17. The number of aromatic nitrogens is 1. The molecule has 0 saturated heterocycles. The van der Waals surface area contributed by atoms with E-state index in [9.17, 15) is 4.79 Å². The average Bonchev–Trinajstić information content (AvgIpc) is 2.72. The van der Waals surface area contributed by atoms with E-state index in [0.717, 1.165) is 35.8 Å². The van der Waals surface area contributed by atoms with E-state index in [2.05, 4.69) is 34.3 Å². The second-order valence-corrected chi connectivity index (χ2v) is 7.13. The lowest BCUT2D eigenvalue weighted by atomic mass is 10.1. The largest absolute Gasteiger partial charge is 0.349 e. The van der Waals surface area contributed by atoms with Gasteiger partial charge in [-0.2, -0.15) is 0 Å². The molecule has 0 aliphatic carbocycles. The van der Waals surface area contributed by atoms with Gasteiger partial charge in [-0.3, -0.25) is 4.90 Å². The van der Waals surface area contributed by atoms with Crippen molar-refractivity contribution in [2.24, 2.45) is 0 Å². The molecule has 0 fully saturated rings. The summed E-state index contributed by atoms with van der Waals surface area (Å²) in [4.78, 5) is 21.5. The lowest BCUT2D eigenvalue weighted by Gasteiger charge is -2.36. The highest BCUT2D eigenvalue weighted by molar-refractivity contribution is 6.04. The second kappa shape index (κ2) is 7.72. The van der Waals surface area contributed by atoms with E-state index in [-0.39, 0.29) is 6.03 Å². The molecule has 1 aromatic heterocycles. The zero-order chi connectivity index (χ0) is 19.5. The predicted molar refractivity (Wildman–Crippen MR) is 114 cm³/mol. The van der Waals surface area contributed by atoms with Crippen molar-refractivity contribution in [3.63, 3.8) is 0 Å². The van der Waals surface area contributed by atoms with E-state index in [4.69, 9.17) is 0 Å². The summed E-state index contributed by atoms with van der Waals surface area (Å²) in [5.74, 6) is 0.841. The Kier molecular flexibility index (Phi) is 4.98. The molecule has 142 valence electrons. The quantitative estimate of drug-likeness (QED) is 0.721. The van der Waals surface area contributed by atoms with Crippen LogP contribution in [0.15, 0.2) is 66.9 Å². The molecule has 5 nitrogen and oxygen atoms in total. The minimum absolute atomic E-state index is 0.128. The Morgan fingerprint density at radius 2 is 1.82 bits per heavy atom. The summed E-state index contributed by atoms with van der Waals surface area (Å²) >= 11 is 0. The van der Waals surface area contributed by atoms with E-state index < -0.39 is 0 Å². The minimum Gasteiger partial charge on any atom is -0.349 e. The van der Waals surface area contributed by atoms with Crippen LogP contribution in [0.3, 0.4) is 0 Å². The molecule has 0 atom stereocenters. The molecular weight excluding hydrogens is 348 g/mol. The molecule has 28 heavy (non-hydrogen) atoms. The van der Waals surface area contributed by atoms with Crippen LogP contribution in [0.2, 0.25) is 0 Å². The number of amides is 2. The number of hydrogen-bond donors (Lipinski definition) is 1. The lowest BCUT2D eigenvalue weighted by molar-refractivity contribution is 0.256. The minimum atomic E-state index is -0.128. The zero-order valence-corrected chi connectivity index (χ0v) is 16.2. The average molecular weight is 372 g/mol. The second-order valence-electron chi connectivity index (χ2n) is 7.13. The highest BCUT2D eigenvalue weighted by Crippen LogP contribution is 2.32. The molecule has 2 heterocycles. The number of fused-ring (bicyclic) bond motifs is 1. The number of rotatable bonds is 3. The number of urea groups is 1. The van der Waals surface area contributed by atoms with Crippen molar-refractivity contribution in [1.82, 2.24) is 4.98 Å². The number of pyridine rings is 1. The van der Waals surface area contributed by atoms with E-state index in [1.807, 2.05) is 55.5 Å². The highest BCUT2D eigenvalue weighted by Gasteiger charge is 2.27. The molecule has 5 heteroatoms. The van der Waals surface area contributed by atoms with Gasteiger partial charge < -0.3 is 10.2 Å². The van der Waals surface area contributed by atoms with Crippen molar-refractivity contribution in [2.75, 3.05) is 28.2 Å². The summed E-state index contributed by atoms with van der Waals surface area (Å²) in [7, 11) is 0. The summed E-state index contributed by atoms with van der Waals surface area (Å²) in [6.07, 6.45) is 1.78. The van der Waals surface area contributed by atoms with Crippen molar-refractivity contribution in [3.05, 3.63) is 83.6 Å². The first-order valence-corrected chi connectivity index (χ1v) is 9.51. The molecule has 0 radical (unpaired) electrons. The Morgan fingerprint density at radius 1 is 1.00 bits per heavy atom. The van der Waals surface area contributed by atoms with Gasteiger partial charge in [0.25, 0.3) is 0 Å². The molecule has 0 spiro atoms. The molecule has 4 rings (SSSR count). The van der Waals surface area contributed by atoms with E-state index >= 15 is 0 Å². The maximum absolute atomic E-state index is 13.0. The van der Waals surface area contributed by atoms with Crippen LogP contribution in [0.25, 0.3) is 0 Å². The predicted octanol–water partition coefficient (Wildman–Crippen LogP) is 4.76. The van der Waals surface area contributed by atoms with Gasteiger partial charge in [-0.15, -0.1) is 0 Å². The first-order valence-electron chi connectivity index (χ1n) is 9.51. The maximum Gasteiger partial charge on any atom is 0.326 e. The molecule has 3 aromatic rings. The topological polar surface area (TPSA) is 48.5 Å². The van der Waals surface area contributed by atoms with Gasteiger partial charge in [0.2, 0.25) is 0 Å². The number of hydrogen-bond acceptors (Lipinski definition) is 3. The summed E-state index contributed by atoms with van der Waals surface area (Å²) in [6.45, 7) is 6.24. The first-order chi connectivity index (χ1) is 13.6. The van der Waals surface area contributed by atoms with E-state index in [1.165, 1.54) is 11.1 Å². The molecule has 0 bridgehead atoms. The Morgan fingerprint density at radius 3 is 2.61 bits per heavy atom. The Labute approximate surface area is 165 Å². The van der Waals surface area contributed by atoms with Gasteiger partial charge in [0.1, 0.15) is 0 Å². The van der Waals surface area contributed by atoms with Crippen molar-refractivity contribution in [2.45, 2.75) is 20.4 Å². The van der Waals surface area contributed by atoms with Gasteiger partial charge in [0, 0.05) is 31.5 Å². The van der Waals surface area contributed by atoms with Gasteiger partial charge in [-0.25, -0.2) is 9.78 Å². The van der Waals surface area contributed by atoms with Gasteiger partial charge in [-0.05, 0) is 54.8 Å². The lowest BCUT2D eigenvalue weighted by Crippen LogP contribution is -2.46. The fraction of sp³-hybridized carbons (Fsp3) is 0.217. The number of nitrogens with zero attached hydrogens (tertiary/aromatic N) is 3. The Balaban J connectivity index is 1.55. The molecule has 0 unspecified atom stereocenters. The molecule has 1 aliphatic rings. The van der Waals surface area contributed by atoms with Crippen molar-refractivity contribution >= 4 is 23.2 Å². The zero-order valence-electron chi connectivity index (χ0n) is 16.2. The fourth-order valence-electron chi connectivity index (χ4n) is 3.47. The molecule has 2 aromatic carbocycles. The number of nitrogens with one attached hydrogen (secondary N) is 1. The van der Waals surface area contributed by atoms with Crippen LogP contribution in [0.1, 0.15) is 16.7 Å². The van der Waals surface area contributed by atoms with Gasteiger partial charge in [0.05, 0.1) is 5.69 Å². The Hall–Kier alpha value is -3.34. The monoisotopic (exact) mass is 372 g/mol. The van der Waals surface area contributed by atoms with Crippen molar-refractivity contribution in [3.8, 4) is 0 Å². The molecule has 1 N–H and O–H groups in total. The van der Waals surface area contributed by atoms with E-state index in [1.54, 1.807) is 11.1 Å². The maximum atomic E-state index is 13.0. The molecule has 0 saturated carbocycles. The normalized spacial score (nSPS) is 13.2.